The minimum absolute atomic E-state index is 0.0313. The molecular weight excluding hydrogens is 563 g/mol. The maximum Gasteiger partial charge on any atom is 0.333 e. The average molecular weight is 609 g/mol. The molecule has 0 bridgehead atoms. The summed E-state index contributed by atoms with van der Waals surface area (Å²) in [6.07, 6.45) is 3.10. The summed E-state index contributed by atoms with van der Waals surface area (Å²) in [6.45, 7) is 18.2. The van der Waals surface area contributed by atoms with E-state index in [0.717, 1.165) is 10.8 Å². The first-order valence-electron chi connectivity index (χ1n) is 12.6. The van der Waals surface area contributed by atoms with Crippen molar-refractivity contribution in [3.05, 3.63) is 12.2 Å². The first-order chi connectivity index (χ1) is 15.9. The van der Waals surface area contributed by atoms with Gasteiger partial charge in [-0.25, -0.2) is 4.79 Å². The molecule has 4 atom stereocenters. The van der Waals surface area contributed by atoms with E-state index in [9.17, 15) is 9.59 Å². The lowest BCUT2D eigenvalue weighted by molar-refractivity contribution is -0.169. The highest BCUT2D eigenvalue weighted by Crippen LogP contribution is 2.63. The summed E-state index contributed by atoms with van der Waals surface area (Å²) < 4.78 is 24.9. The highest BCUT2D eigenvalue weighted by Gasteiger charge is 2.70. The predicted molar refractivity (Wildman–Crippen MR) is 146 cm³/mol. The number of esters is 2. The second-order valence-corrected chi connectivity index (χ2v) is 17.4. The topological polar surface area (TPSA) is 71.1 Å². The Kier molecular flexibility index (Phi) is 10.3. The van der Waals surface area contributed by atoms with Gasteiger partial charge in [0.15, 0.2) is 8.32 Å². The fraction of sp³-hybridized carbons (Fsp3) is 0.846. The van der Waals surface area contributed by atoms with Crippen LogP contribution >= 0.6 is 22.6 Å². The minimum atomic E-state index is -2.09. The minimum Gasteiger partial charge on any atom is -0.469 e. The van der Waals surface area contributed by atoms with E-state index in [1.165, 1.54) is 14.2 Å². The summed E-state index contributed by atoms with van der Waals surface area (Å²) in [6, 6.07) is 0. The van der Waals surface area contributed by atoms with Crippen molar-refractivity contribution >= 4 is 42.8 Å². The van der Waals surface area contributed by atoms with E-state index in [1.54, 1.807) is 0 Å². The largest absolute Gasteiger partial charge is 0.469 e. The second-order valence-electron chi connectivity index (χ2n) is 11.0. The van der Waals surface area contributed by atoms with E-state index >= 15 is 0 Å². The molecular formula is C26H45IO6Si. The molecule has 0 aromatic rings. The number of halogens is 1. The molecule has 196 valence electrons. The van der Waals surface area contributed by atoms with Crippen LogP contribution in [0.3, 0.4) is 0 Å². The number of hydrogen-bond acceptors (Lipinski definition) is 6. The van der Waals surface area contributed by atoms with Gasteiger partial charge in [-0.05, 0) is 48.7 Å². The van der Waals surface area contributed by atoms with Gasteiger partial charge >= 0.3 is 11.9 Å². The third-order valence-electron chi connectivity index (χ3n) is 8.60. The van der Waals surface area contributed by atoms with Gasteiger partial charge in [0, 0.05) is 22.5 Å². The van der Waals surface area contributed by atoms with Crippen molar-refractivity contribution in [2.24, 2.45) is 11.3 Å². The summed E-state index contributed by atoms with van der Waals surface area (Å²) in [7, 11) is 0.736. The van der Waals surface area contributed by atoms with Crippen molar-refractivity contribution in [3.8, 4) is 0 Å². The predicted octanol–water partition coefficient (Wildman–Crippen LogP) is 6.22. The van der Waals surface area contributed by atoms with E-state index in [-0.39, 0.29) is 18.0 Å². The van der Waals surface area contributed by atoms with Gasteiger partial charge in [0.05, 0.1) is 31.3 Å². The average Bonchev–Trinajstić information content (AvgIpc) is 3.27. The first-order valence-corrected chi connectivity index (χ1v) is 16.3. The quantitative estimate of drug-likeness (QED) is 0.0862. The van der Waals surface area contributed by atoms with Gasteiger partial charge in [0.1, 0.15) is 0 Å². The van der Waals surface area contributed by atoms with Crippen molar-refractivity contribution in [3.63, 3.8) is 0 Å². The maximum atomic E-state index is 13.3. The lowest BCUT2D eigenvalue weighted by Crippen LogP contribution is -2.54. The molecule has 0 spiro atoms. The third kappa shape index (κ3) is 5.02. The molecule has 6 nitrogen and oxygen atoms in total. The maximum absolute atomic E-state index is 13.3. The van der Waals surface area contributed by atoms with Crippen LogP contribution in [-0.4, -0.2) is 57.2 Å². The van der Waals surface area contributed by atoms with Gasteiger partial charge in [0.2, 0.25) is 0 Å². The number of hydrogen-bond donors (Lipinski definition) is 0. The highest BCUT2D eigenvalue weighted by atomic mass is 127. The first kappa shape index (κ1) is 29.8. The Hall–Kier alpha value is -0.453. The van der Waals surface area contributed by atoms with Gasteiger partial charge in [-0.2, -0.15) is 0 Å². The van der Waals surface area contributed by atoms with Gasteiger partial charge in [-0.15, -0.1) is 0 Å². The number of rotatable bonds is 12. The Balaban J connectivity index is 2.46. The lowest BCUT2D eigenvalue weighted by Gasteiger charge is -2.46. The van der Waals surface area contributed by atoms with Crippen LogP contribution in [0, 0.1) is 11.3 Å². The molecule has 1 unspecified atom stereocenters. The molecule has 0 amide bonds. The molecule has 1 saturated carbocycles. The van der Waals surface area contributed by atoms with Crippen LogP contribution in [0.15, 0.2) is 12.2 Å². The highest BCUT2D eigenvalue weighted by molar-refractivity contribution is 14.1. The van der Waals surface area contributed by atoms with Gasteiger partial charge < -0.3 is 18.6 Å². The monoisotopic (exact) mass is 608 g/mol. The molecule has 1 aliphatic carbocycles. The van der Waals surface area contributed by atoms with Crippen LogP contribution in [0.25, 0.3) is 0 Å². The Labute approximate surface area is 221 Å². The van der Waals surface area contributed by atoms with Gasteiger partial charge in [-0.1, -0.05) is 70.7 Å². The van der Waals surface area contributed by atoms with Crippen LogP contribution in [0.1, 0.15) is 73.6 Å². The zero-order chi connectivity index (χ0) is 25.9. The van der Waals surface area contributed by atoms with Crippen LogP contribution < -0.4 is 0 Å². The Morgan fingerprint density at radius 1 is 1.09 bits per heavy atom. The molecule has 0 radical (unpaired) electrons. The van der Waals surface area contributed by atoms with Gasteiger partial charge in [0.25, 0.3) is 0 Å². The van der Waals surface area contributed by atoms with Crippen molar-refractivity contribution in [1.29, 1.82) is 0 Å². The zero-order valence-corrected chi connectivity index (χ0v) is 25.5. The smallest absolute Gasteiger partial charge is 0.333 e. The van der Waals surface area contributed by atoms with E-state index in [4.69, 9.17) is 18.6 Å². The third-order valence-corrected chi connectivity index (χ3v) is 15.7. The standard InChI is InChI=1S/C26H45IO6Si/c1-17(2)34(18(3)4,19(5)6)32-16-21-11-12-25(24(29)31-9)14-22(15-27)33-26(21,25)13-10-20(7)23(28)30-8/h17-19,21-22H,7,10-16H2,1-6,8-9H3/t21-,22?,25-,26-/m0/s1. The van der Waals surface area contributed by atoms with Crippen molar-refractivity contribution < 1.29 is 28.2 Å². The summed E-state index contributed by atoms with van der Waals surface area (Å²) in [5, 5.41) is 0. The molecule has 34 heavy (non-hydrogen) atoms. The second kappa shape index (κ2) is 11.7. The SMILES string of the molecule is C=C(CC[C@@]12OC(CI)C[C@]1(C(=O)OC)CC[C@H]2CO[Si](C(C)C)(C(C)C)C(C)C)C(=O)OC. The van der Waals surface area contributed by atoms with Gasteiger partial charge in [-0.3, -0.25) is 4.79 Å². The van der Waals surface area contributed by atoms with Crippen LogP contribution in [-0.2, 0) is 28.2 Å². The molecule has 1 heterocycles. The lowest BCUT2D eigenvalue weighted by atomic mass is 9.68. The molecule has 1 saturated heterocycles. The Morgan fingerprint density at radius 2 is 1.68 bits per heavy atom. The molecule has 2 rings (SSSR count). The number of carbonyl (C=O) groups excluding carboxylic acids is 2. The number of methoxy groups -OCH3 is 2. The normalized spacial score (nSPS) is 29.1. The van der Waals surface area contributed by atoms with E-state index in [2.05, 4.69) is 70.7 Å². The molecule has 0 N–H and O–H groups in total. The molecule has 2 aliphatic rings. The number of fused-ring (bicyclic) bond motifs is 1. The van der Waals surface area contributed by atoms with Crippen LogP contribution in [0.5, 0.6) is 0 Å². The Bertz CT molecular complexity index is 732. The summed E-state index contributed by atoms with van der Waals surface area (Å²) in [5.41, 5.74) is 0.360. The molecule has 0 aromatic carbocycles. The summed E-state index contributed by atoms with van der Waals surface area (Å²) >= 11 is 2.33. The molecule has 8 heteroatoms. The number of alkyl halides is 1. The van der Waals surface area contributed by atoms with E-state index < -0.39 is 25.3 Å². The Morgan fingerprint density at radius 3 is 2.15 bits per heavy atom. The van der Waals surface area contributed by atoms with E-state index in [0.29, 0.717) is 54.5 Å². The van der Waals surface area contributed by atoms with Crippen molar-refractivity contribution in [2.75, 3.05) is 25.3 Å². The fourth-order valence-electron chi connectivity index (χ4n) is 7.16. The van der Waals surface area contributed by atoms with Crippen molar-refractivity contribution in [2.45, 2.75) is 102 Å². The summed E-state index contributed by atoms with van der Waals surface area (Å²) in [4.78, 5) is 25.4. The number of carbonyl (C=O) groups is 2. The van der Waals surface area contributed by atoms with Crippen LogP contribution in [0.2, 0.25) is 16.6 Å². The molecule has 0 aromatic heterocycles. The van der Waals surface area contributed by atoms with Crippen molar-refractivity contribution in [1.82, 2.24) is 0 Å². The van der Waals surface area contributed by atoms with Crippen LogP contribution in [0.4, 0.5) is 0 Å². The number of ether oxygens (including phenoxy) is 3. The zero-order valence-electron chi connectivity index (χ0n) is 22.4. The van der Waals surface area contributed by atoms with E-state index in [1.807, 2.05) is 0 Å². The molecule has 1 aliphatic heterocycles. The fourth-order valence-corrected chi connectivity index (χ4v) is 13.1. The molecule has 2 fully saturated rings. The summed E-state index contributed by atoms with van der Waals surface area (Å²) in [5.74, 6) is -0.570.